The second-order valence-corrected chi connectivity index (χ2v) is 17.4. The minimum absolute atomic E-state index is 0.00570. The van der Waals surface area contributed by atoms with Gasteiger partial charge in [0.05, 0.1) is 49.7 Å². The van der Waals surface area contributed by atoms with Gasteiger partial charge in [0.25, 0.3) is 0 Å². The van der Waals surface area contributed by atoms with Crippen LogP contribution in [0.15, 0.2) is 0 Å². The molecule has 0 aromatic carbocycles. The molecule has 1 amide bonds. The Morgan fingerprint density at radius 2 is 1.79 bits per heavy atom. The molecule has 2 spiro atoms. The highest BCUT2D eigenvalue weighted by molar-refractivity contribution is 5.76. The first-order valence-corrected chi connectivity index (χ1v) is 17.7. The van der Waals surface area contributed by atoms with E-state index in [1.807, 2.05) is 4.90 Å². The minimum atomic E-state index is -0.697. The van der Waals surface area contributed by atoms with E-state index in [2.05, 4.69) is 27.7 Å². The number of carbonyl (C=O) groups is 1. The minimum Gasteiger partial charge on any atom is -0.394 e. The van der Waals surface area contributed by atoms with E-state index >= 15 is 0 Å². The molecule has 13 unspecified atom stereocenters. The van der Waals surface area contributed by atoms with Gasteiger partial charge in [-0.15, -0.1) is 0 Å². The van der Waals surface area contributed by atoms with E-state index in [4.69, 9.17) is 19.9 Å². The summed E-state index contributed by atoms with van der Waals surface area (Å²) in [4.78, 5) is 14.8. The first-order chi connectivity index (χ1) is 20.4. The maximum Gasteiger partial charge on any atom is 0.223 e. The van der Waals surface area contributed by atoms with Crippen molar-refractivity contribution in [3.8, 4) is 0 Å². The highest BCUT2D eigenvalue weighted by Crippen LogP contribution is 2.87. The van der Waals surface area contributed by atoms with Crippen LogP contribution >= 0.6 is 0 Å². The summed E-state index contributed by atoms with van der Waals surface area (Å²) in [6, 6.07) is 0. The molecule has 8 nitrogen and oxygen atoms in total. The monoisotopic (exact) mass is 600 g/mol. The predicted octanol–water partition coefficient (Wildman–Crippen LogP) is 3.85. The van der Waals surface area contributed by atoms with E-state index in [-0.39, 0.29) is 64.7 Å². The van der Waals surface area contributed by atoms with Gasteiger partial charge in [-0.2, -0.15) is 0 Å². The number of fused-ring (bicyclic) bond motifs is 4. The molecule has 6 aliphatic carbocycles. The molecule has 13 atom stereocenters. The highest BCUT2D eigenvalue weighted by atomic mass is 16.7. The van der Waals surface area contributed by atoms with Crippen molar-refractivity contribution in [3.63, 3.8) is 0 Å². The molecule has 2 heterocycles. The molecule has 8 rings (SSSR count). The van der Waals surface area contributed by atoms with Crippen LogP contribution in [0, 0.1) is 51.2 Å². The molecule has 8 aliphatic rings. The molecule has 0 aromatic rings. The van der Waals surface area contributed by atoms with Gasteiger partial charge in [0.1, 0.15) is 0 Å². The third-order valence-corrected chi connectivity index (χ3v) is 15.4. The summed E-state index contributed by atoms with van der Waals surface area (Å²) in [6.45, 7) is 11.3. The number of carbonyl (C=O) groups excluding carboxylic acids is 1. The Hall–Kier alpha value is -0.770. The van der Waals surface area contributed by atoms with E-state index in [1.165, 1.54) is 25.7 Å². The van der Waals surface area contributed by atoms with Crippen LogP contribution in [0.2, 0.25) is 0 Å². The van der Waals surface area contributed by atoms with Gasteiger partial charge >= 0.3 is 0 Å². The number of ether oxygens (including phenoxy) is 3. The molecule has 6 saturated carbocycles. The molecule has 242 valence electrons. The summed E-state index contributed by atoms with van der Waals surface area (Å²) >= 11 is 0. The lowest BCUT2D eigenvalue weighted by Gasteiger charge is -2.63. The van der Waals surface area contributed by atoms with Crippen molar-refractivity contribution < 1.29 is 29.2 Å². The Balaban J connectivity index is 1.01. The Morgan fingerprint density at radius 1 is 1.05 bits per heavy atom. The summed E-state index contributed by atoms with van der Waals surface area (Å²) < 4.78 is 19.3. The van der Waals surface area contributed by atoms with Crippen molar-refractivity contribution in [1.82, 2.24) is 4.90 Å². The molecule has 4 N–H and O–H groups in total. The van der Waals surface area contributed by atoms with Gasteiger partial charge in [-0.25, -0.2) is 0 Å². The first-order valence-electron chi connectivity index (χ1n) is 17.7. The third kappa shape index (κ3) is 3.86. The topological polar surface area (TPSA) is 114 Å². The highest BCUT2D eigenvalue weighted by Gasteiger charge is 2.85. The molecule has 0 bridgehead atoms. The van der Waals surface area contributed by atoms with Crippen LogP contribution in [0.25, 0.3) is 0 Å². The van der Waals surface area contributed by atoms with E-state index in [0.717, 1.165) is 38.5 Å². The first kappa shape index (κ1) is 29.6. The van der Waals surface area contributed by atoms with Gasteiger partial charge < -0.3 is 35.1 Å². The number of nitrogens with zero attached hydrogens (tertiary/aromatic N) is 1. The fraction of sp³-hybridized carbons (Fsp3) is 0.971. The second kappa shape index (κ2) is 9.63. The quantitative estimate of drug-likeness (QED) is 0.439. The number of hydrogen-bond acceptors (Lipinski definition) is 7. The summed E-state index contributed by atoms with van der Waals surface area (Å²) in [5.74, 6) is 2.30. The van der Waals surface area contributed by atoms with Crippen molar-refractivity contribution in [3.05, 3.63) is 0 Å². The van der Waals surface area contributed by atoms with Crippen LogP contribution in [-0.4, -0.2) is 83.6 Å². The lowest BCUT2D eigenvalue weighted by atomic mass is 9.43. The number of hydrogen-bond donors (Lipinski definition) is 3. The van der Waals surface area contributed by atoms with Crippen molar-refractivity contribution in [2.24, 2.45) is 57.0 Å². The van der Waals surface area contributed by atoms with Crippen LogP contribution in [0.1, 0.15) is 98.3 Å². The van der Waals surface area contributed by atoms with Crippen LogP contribution in [-0.2, 0) is 19.0 Å². The molecule has 0 aromatic heterocycles. The number of aliphatic hydroxyl groups is 2. The summed E-state index contributed by atoms with van der Waals surface area (Å²) in [7, 11) is 0. The number of morpholine rings is 1. The zero-order valence-corrected chi connectivity index (χ0v) is 26.9. The zero-order valence-electron chi connectivity index (χ0n) is 26.9. The Morgan fingerprint density at radius 3 is 2.53 bits per heavy atom. The third-order valence-electron chi connectivity index (χ3n) is 15.4. The molecular formula is C35H56N2O6. The van der Waals surface area contributed by atoms with Crippen molar-refractivity contribution in [2.75, 3.05) is 26.3 Å². The molecule has 2 saturated heterocycles. The molecular weight excluding hydrogens is 544 g/mol. The van der Waals surface area contributed by atoms with Crippen molar-refractivity contribution >= 4 is 5.91 Å². The summed E-state index contributed by atoms with van der Waals surface area (Å²) in [6.07, 6.45) is 10.3. The number of rotatable bonds is 5. The average Bonchev–Trinajstić information content (AvgIpc) is 3.90. The molecule has 2 aliphatic heterocycles. The Bertz CT molecular complexity index is 1150. The predicted molar refractivity (Wildman–Crippen MR) is 161 cm³/mol. The number of amides is 1. The SMILES string of the molecule is CC1CC(CO)OC2C1C1(C)CCC34CC35CCC(OC3CN(C(=O)CC6CC6)CCO3)C(C)(C)C5CCC4C1(N)C2O. The zero-order chi connectivity index (χ0) is 30.2. The van der Waals surface area contributed by atoms with Gasteiger partial charge in [-0.1, -0.05) is 27.7 Å². The second-order valence-electron chi connectivity index (χ2n) is 17.4. The number of nitrogens with two attached hydrogens (primary N) is 1. The van der Waals surface area contributed by atoms with Gasteiger partial charge in [0.2, 0.25) is 5.91 Å². The van der Waals surface area contributed by atoms with E-state index in [9.17, 15) is 15.0 Å². The van der Waals surface area contributed by atoms with Gasteiger partial charge in [-0.3, -0.25) is 4.79 Å². The largest absolute Gasteiger partial charge is 0.394 e. The van der Waals surface area contributed by atoms with E-state index in [0.29, 0.717) is 49.8 Å². The molecule has 0 radical (unpaired) electrons. The van der Waals surface area contributed by atoms with Crippen molar-refractivity contribution in [1.29, 1.82) is 0 Å². The van der Waals surface area contributed by atoms with Crippen LogP contribution in [0.5, 0.6) is 0 Å². The normalized spacial score (nSPS) is 55.0. The standard InChI is InChI=1S/C35H56N2O6/c1-20-15-22(18-38)42-29-28(20)32(4)11-12-34-19-33(34)10-9-25(31(2,3)23(33)7-8-24(34)35(32,36)30(29)40)43-27-17-37(13-14-41-27)26(39)16-21-5-6-21/h20-25,27-30,38,40H,5-19,36H2,1-4H3. The molecule has 8 heteroatoms. The fourth-order valence-electron chi connectivity index (χ4n) is 13.2. The lowest BCUT2D eigenvalue weighted by molar-refractivity contribution is -0.245. The smallest absolute Gasteiger partial charge is 0.223 e. The lowest BCUT2D eigenvalue weighted by Crippen LogP contribution is -2.70. The maximum absolute atomic E-state index is 12.8. The molecule has 43 heavy (non-hydrogen) atoms. The summed E-state index contributed by atoms with van der Waals surface area (Å²) in [5.41, 5.74) is 7.27. The fourth-order valence-corrected chi connectivity index (χ4v) is 13.2. The van der Waals surface area contributed by atoms with Crippen LogP contribution in [0.3, 0.4) is 0 Å². The average molecular weight is 601 g/mol. The van der Waals surface area contributed by atoms with E-state index < -0.39 is 11.6 Å². The van der Waals surface area contributed by atoms with Gasteiger partial charge in [0, 0.05) is 13.0 Å². The van der Waals surface area contributed by atoms with Gasteiger partial charge in [-0.05, 0) is 115 Å². The van der Waals surface area contributed by atoms with E-state index in [1.54, 1.807) is 0 Å². The Kier molecular flexibility index (Phi) is 6.64. The van der Waals surface area contributed by atoms with Crippen molar-refractivity contribution in [2.45, 2.75) is 135 Å². The summed E-state index contributed by atoms with van der Waals surface area (Å²) in [5, 5.41) is 22.0. The van der Waals surface area contributed by atoms with Crippen LogP contribution in [0.4, 0.5) is 0 Å². The number of aliphatic hydroxyl groups excluding tert-OH is 2. The Labute approximate surface area is 257 Å². The molecule has 8 fully saturated rings. The van der Waals surface area contributed by atoms with Crippen LogP contribution < -0.4 is 5.73 Å². The maximum atomic E-state index is 12.8. The van der Waals surface area contributed by atoms with Gasteiger partial charge in [0.15, 0.2) is 6.29 Å².